The van der Waals surface area contributed by atoms with Crippen molar-refractivity contribution in [3.63, 3.8) is 0 Å². The van der Waals surface area contributed by atoms with Crippen molar-refractivity contribution in [3.8, 4) is 0 Å². The van der Waals surface area contributed by atoms with Gasteiger partial charge in [-0.05, 0) is 109 Å². The van der Waals surface area contributed by atoms with Crippen molar-refractivity contribution in [3.05, 3.63) is 109 Å². The van der Waals surface area contributed by atoms with Crippen LogP contribution in [-0.2, 0) is 28.6 Å². The number of esters is 3. The third-order valence-electron chi connectivity index (χ3n) is 15.0. The van der Waals surface area contributed by atoms with E-state index >= 15 is 0 Å². The topological polar surface area (TPSA) is 78.9 Å². The highest BCUT2D eigenvalue weighted by Gasteiger charge is 2.19. The van der Waals surface area contributed by atoms with E-state index in [4.69, 9.17) is 14.2 Å². The van der Waals surface area contributed by atoms with Gasteiger partial charge in [0.2, 0.25) is 0 Å². The number of allylic oxidation sites excluding steroid dienone is 18. The van der Waals surface area contributed by atoms with Crippen molar-refractivity contribution in [2.45, 2.75) is 341 Å². The SMILES string of the molecule is CC/C=C\C/C=C\C/C=C\C/C=C\C/C=C\C/C=C\C/C=C\CCCCCCCCCC(=O)OCC(COC(=O)CCCCCCCCCCCCCCCC)OC(=O)CCCCCCCCCCC/C=C\C/C=C\CCCCCCC. The van der Waals surface area contributed by atoms with E-state index in [9.17, 15) is 14.4 Å². The Hall–Kier alpha value is -3.93. The van der Waals surface area contributed by atoms with Crippen LogP contribution in [0.1, 0.15) is 335 Å². The molecule has 1 atom stereocenters. The van der Waals surface area contributed by atoms with Crippen molar-refractivity contribution in [1.82, 2.24) is 0 Å². The number of hydrogen-bond donors (Lipinski definition) is 0. The Labute approximate surface area is 508 Å². The molecule has 0 aliphatic carbocycles. The highest BCUT2D eigenvalue weighted by Crippen LogP contribution is 2.17. The molecule has 0 saturated carbocycles. The van der Waals surface area contributed by atoms with Crippen LogP contribution in [0.25, 0.3) is 0 Å². The summed E-state index contributed by atoms with van der Waals surface area (Å²) in [4.78, 5) is 38.4. The molecule has 0 radical (unpaired) electrons. The first kappa shape index (κ1) is 78.1. The molecule has 0 N–H and O–H groups in total. The molecule has 0 amide bonds. The molecule has 0 aromatic carbocycles. The molecule has 0 bridgehead atoms. The number of carbonyl (C=O) groups is 3. The van der Waals surface area contributed by atoms with Crippen LogP contribution in [0.4, 0.5) is 0 Å². The van der Waals surface area contributed by atoms with Crippen LogP contribution in [-0.4, -0.2) is 37.2 Å². The molecule has 0 aromatic heterocycles. The summed E-state index contributed by atoms with van der Waals surface area (Å²) in [5, 5.41) is 0. The van der Waals surface area contributed by atoms with Gasteiger partial charge in [-0.2, -0.15) is 0 Å². The Morgan fingerprint density at radius 2 is 0.476 bits per heavy atom. The van der Waals surface area contributed by atoms with Gasteiger partial charge >= 0.3 is 17.9 Å². The van der Waals surface area contributed by atoms with Crippen LogP contribution < -0.4 is 0 Å². The van der Waals surface area contributed by atoms with Crippen LogP contribution in [0.5, 0.6) is 0 Å². The number of rotatable bonds is 63. The summed E-state index contributed by atoms with van der Waals surface area (Å²) in [5.74, 6) is -0.883. The molecule has 0 fully saturated rings. The van der Waals surface area contributed by atoms with E-state index in [-0.39, 0.29) is 31.1 Å². The third-order valence-corrected chi connectivity index (χ3v) is 15.0. The fourth-order valence-electron chi connectivity index (χ4n) is 9.81. The molecule has 0 heterocycles. The van der Waals surface area contributed by atoms with Gasteiger partial charge in [0.15, 0.2) is 6.10 Å². The molecule has 82 heavy (non-hydrogen) atoms. The second-order valence-corrected chi connectivity index (χ2v) is 23.1. The van der Waals surface area contributed by atoms with Crippen molar-refractivity contribution in [2.75, 3.05) is 13.2 Å². The van der Waals surface area contributed by atoms with Gasteiger partial charge in [-0.25, -0.2) is 0 Å². The summed E-state index contributed by atoms with van der Waals surface area (Å²) in [6.45, 7) is 6.54. The van der Waals surface area contributed by atoms with Gasteiger partial charge in [0.25, 0.3) is 0 Å². The Kier molecular flexibility index (Phi) is 66.2. The van der Waals surface area contributed by atoms with Gasteiger partial charge in [0.1, 0.15) is 13.2 Å². The van der Waals surface area contributed by atoms with Gasteiger partial charge in [0.05, 0.1) is 0 Å². The minimum absolute atomic E-state index is 0.0807. The minimum atomic E-state index is -0.787. The van der Waals surface area contributed by atoms with E-state index in [0.717, 1.165) is 116 Å². The van der Waals surface area contributed by atoms with E-state index in [2.05, 4.69) is 130 Å². The second kappa shape index (κ2) is 69.6. The Morgan fingerprint density at radius 3 is 0.744 bits per heavy atom. The molecule has 0 rings (SSSR count). The Bertz CT molecular complexity index is 1640. The third kappa shape index (κ3) is 66.9. The highest BCUT2D eigenvalue weighted by molar-refractivity contribution is 5.71. The van der Waals surface area contributed by atoms with Gasteiger partial charge in [-0.3, -0.25) is 14.4 Å². The molecule has 1 unspecified atom stereocenters. The average molecular weight is 1140 g/mol. The summed E-state index contributed by atoms with van der Waals surface area (Å²) in [5.41, 5.74) is 0. The first-order valence-corrected chi connectivity index (χ1v) is 34.9. The van der Waals surface area contributed by atoms with Crippen LogP contribution in [0.2, 0.25) is 0 Å². The zero-order valence-corrected chi connectivity index (χ0v) is 54.0. The summed E-state index contributed by atoms with van der Waals surface area (Å²) >= 11 is 0. The van der Waals surface area contributed by atoms with Crippen molar-refractivity contribution in [2.24, 2.45) is 0 Å². The Balaban J connectivity index is 4.35. The molecule has 0 aliphatic rings. The summed E-state index contributed by atoms with van der Waals surface area (Å²) in [7, 11) is 0. The van der Waals surface area contributed by atoms with Crippen LogP contribution >= 0.6 is 0 Å². The van der Waals surface area contributed by atoms with Crippen molar-refractivity contribution < 1.29 is 28.6 Å². The number of carbonyl (C=O) groups excluding carboxylic acids is 3. The van der Waals surface area contributed by atoms with Gasteiger partial charge in [-0.15, -0.1) is 0 Å². The molecule has 6 nitrogen and oxygen atoms in total. The maximum atomic E-state index is 13.0. The summed E-state index contributed by atoms with van der Waals surface area (Å²) in [6, 6.07) is 0. The second-order valence-electron chi connectivity index (χ2n) is 23.1. The lowest BCUT2D eigenvalue weighted by Crippen LogP contribution is -2.30. The monoisotopic (exact) mass is 1140 g/mol. The molecular weight excluding hydrogens is 1010 g/mol. The highest BCUT2D eigenvalue weighted by atomic mass is 16.6. The van der Waals surface area contributed by atoms with E-state index < -0.39 is 6.10 Å². The maximum absolute atomic E-state index is 13.0. The Morgan fingerprint density at radius 1 is 0.256 bits per heavy atom. The molecular formula is C76H130O6. The number of unbranched alkanes of at least 4 members (excludes halogenated alkanes) is 34. The summed E-state index contributed by atoms with van der Waals surface area (Å²) in [6.07, 6.45) is 95.3. The lowest BCUT2D eigenvalue weighted by Gasteiger charge is -2.18. The molecule has 0 saturated heterocycles. The van der Waals surface area contributed by atoms with Gasteiger partial charge in [-0.1, -0.05) is 316 Å². The average Bonchev–Trinajstić information content (AvgIpc) is 3.47. The largest absolute Gasteiger partial charge is 0.462 e. The minimum Gasteiger partial charge on any atom is -0.462 e. The first-order valence-electron chi connectivity index (χ1n) is 34.9. The van der Waals surface area contributed by atoms with Gasteiger partial charge in [0, 0.05) is 19.3 Å². The van der Waals surface area contributed by atoms with Crippen LogP contribution in [0, 0.1) is 0 Å². The molecule has 470 valence electrons. The maximum Gasteiger partial charge on any atom is 0.306 e. The van der Waals surface area contributed by atoms with Crippen LogP contribution in [0.3, 0.4) is 0 Å². The van der Waals surface area contributed by atoms with E-state index in [1.807, 2.05) is 0 Å². The first-order chi connectivity index (χ1) is 40.5. The number of ether oxygens (including phenoxy) is 3. The zero-order chi connectivity index (χ0) is 59.2. The van der Waals surface area contributed by atoms with Crippen LogP contribution in [0.15, 0.2) is 109 Å². The quantitative estimate of drug-likeness (QED) is 0.0261. The predicted molar refractivity (Wildman–Crippen MR) is 357 cm³/mol. The van der Waals surface area contributed by atoms with Gasteiger partial charge < -0.3 is 14.2 Å². The summed E-state index contributed by atoms with van der Waals surface area (Å²) < 4.78 is 17.0. The van der Waals surface area contributed by atoms with Crippen molar-refractivity contribution in [1.29, 1.82) is 0 Å². The van der Waals surface area contributed by atoms with E-state index in [1.54, 1.807) is 0 Å². The predicted octanol–water partition coefficient (Wildman–Crippen LogP) is 24.2. The molecule has 0 aromatic rings. The smallest absolute Gasteiger partial charge is 0.306 e. The lowest BCUT2D eigenvalue weighted by atomic mass is 10.0. The number of hydrogen-bond acceptors (Lipinski definition) is 6. The molecule has 0 aliphatic heterocycles. The zero-order valence-electron chi connectivity index (χ0n) is 54.0. The van der Waals surface area contributed by atoms with E-state index in [0.29, 0.717) is 19.3 Å². The lowest BCUT2D eigenvalue weighted by molar-refractivity contribution is -0.167. The standard InChI is InChI=1S/C76H130O6/c1-4-7-10-13-16-19-22-25-28-30-32-34-35-36-37-38-39-40-41-43-44-46-48-51-54-57-60-63-66-69-75(78)81-72-73(71-80-74(77)68-65-62-59-56-53-50-27-24-21-18-15-12-9-6-3)82-76(79)70-67-64-61-58-55-52-49-47-45-42-33-31-29-26-23-20-17-14-11-8-5-2/h7,10,16,19,23,25-26,28,31-34,36-37,39-40,43-44,73H,4-6,8-9,11-15,17-18,20-22,24,27,29-30,35,38,41-42,45-72H2,1-3H3/b10-7-,19-16-,26-23-,28-25-,33-31-,34-32-,37-36-,40-39-,44-43-. The molecule has 0 spiro atoms. The molecule has 6 heteroatoms. The van der Waals surface area contributed by atoms with Crippen molar-refractivity contribution >= 4 is 17.9 Å². The fraction of sp³-hybridized carbons (Fsp3) is 0.724. The van der Waals surface area contributed by atoms with E-state index in [1.165, 1.54) is 180 Å². The fourth-order valence-corrected chi connectivity index (χ4v) is 9.81. The normalized spacial score (nSPS) is 12.8.